The Balaban J connectivity index is 2.55. The maximum absolute atomic E-state index is 11.9. The van der Waals surface area contributed by atoms with Crippen LogP contribution in [0.2, 0.25) is 0 Å². The van der Waals surface area contributed by atoms with Crippen LogP contribution < -0.4 is 10.1 Å². The third-order valence-electron chi connectivity index (χ3n) is 1.90. The molecule has 3 nitrogen and oxygen atoms in total. The van der Waals surface area contributed by atoms with Crippen molar-refractivity contribution >= 4 is 11.6 Å². The van der Waals surface area contributed by atoms with Crippen molar-refractivity contribution in [3.05, 3.63) is 48.6 Å². The first-order chi connectivity index (χ1) is 8.61. The fourth-order valence-corrected chi connectivity index (χ4v) is 1.16. The molecule has 0 spiro atoms. The normalized spacial score (nSPS) is 11.3. The zero-order valence-electron chi connectivity index (χ0n) is 9.77. The highest BCUT2D eigenvalue weighted by Gasteiger charge is 2.04. The number of hydrogen-bond acceptors (Lipinski definition) is 2. The quantitative estimate of drug-likeness (QED) is 0.645. The van der Waals surface area contributed by atoms with Crippen LogP contribution in [-0.2, 0) is 4.79 Å². The summed E-state index contributed by atoms with van der Waals surface area (Å²) >= 11 is 0. The van der Waals surface area contributed by atoms with Gasteiger partial charge in [-0.25, -0.2) is 0 Å². The molecule has 18 heavy (non-hydrogen) atoms. The van der Waals surface area contributed by atoms with Crippen LogP contribution in [0.5, 0.6) is 5.75 Å². The fraction of sp³-hybridized carbons (Fsp3) is 0.154. The molecule has 0 atom stereocenters. The molecule has 0 aliphatic carbocycles. The molecule has 5 heteroatoms. The van der Waals surface area contributed by atoms with E-state index in [1.807, 2.05) is 6.92 Å². The Kier molecular flexibility index (Phi) is 5.57. The average Bonchev–Trinajstić information content (AvgIpc) is 2.31. The van der Waals surface area contributed by atoms with Crippen LogP contribution in [-0.4, -0.2) is 12.5 Å². The number of anilines is 1. The van der Waals surface area contributed by atoms with Gasteiger partial charge >= 0.3 is 6.61 Å². The number of ether oxygens (including phenoxy) is 1. The van der Waals surface area contributed by atoms with E-state index in [0.29, 0.717) is 5.69 Å². The molecule has 0 aliphatic heterocycles. The lowest BCUT2D eigenvalue weighted by Crippen LogP contribution is -2.07. The molecule has 0 radical (unpaired) electrons. The summed E-state index contributed by atoms with van der Waals surface area (Å²) in [5, 5.41) is 2.58. The van der Waals surface area contributed by atoms with E-state index >= 15 is 0 Å². The predicted octanol–water partition coefficient (Wildman–Crippen LogP) is 3.36. The van der Waals surface area contributed by atoms with Crippen LogP contribution in [0.1, 0.15) is 6.92 Å². The average molecular weight is 253 g/mol. The number of nitrogens with one attached hydrogen (secondary N) is 1. The molecule has 0 aliphatic rings. The van der Waals surface area contributed by atoms with Crippen molar-refractivity contribution in [1.29, 1.82) is 0 Å². The molecule has 0 heterocycles. The SMILES string of the molecule is C/C=C/C=C/C(=O)Nc1ccc(OC(F)F)cc1. The van der Waals surface area contributed by atoms with Gasteiger partial charge in [0, 0.05) is 11.8 Å². The number of benzene rings is 1. The van der Waals surface area contributed by atoms with E-state index in [0.717, 1.165) is 0 Å². The Morgan fingerprint density at radius 2 is 1.94 bits per heavy atom. The number of rotatable bonds is 5. The molecule has 96 valence electrons. The maximum atomic E-state index is 11.9. The highest BCUT2D eigenvalue weighted by molar-refractivity contribution is 5.99. The summed E-state index contributed by atoms with van der Waals surface area (Å²) in [5.74, 6) is -0.247. The second-order valence-electron chi connectivity index (χ2n) is 3.28. The molecule has 1 aromatic rings. The molecular formula is C13H13F2NO2. The minimum Gasteiger partial charge on any atom is -0.435 e. The van der Waals surface area contributed by atoms with Gasteiger partial charge in [-0.1, -0.05) is 18.2 Å². The standard InChI is InChI=1S/C13H13F2NO2/c1-2-3-4-5-12(17)16-10-6-8-11(9-7-10)18-13(14)15/h2-9,13H,1H3,(H,16,17)/b3-2+,5-4+. The lowest BCUT2D eigenvalue weighted by molar-refractivity contribution is -0.111. The molecule has 0 saturated heterocycles. The van der Waals surface area contributed by atoms with Crippen molar-refractivity contribution in [2.24, 2.45) is 0 Å². The molecule has 1 N–H and O–H groups in total. The maximum Gasteiger partial charge on any atom is 0.387 e. The zero-order chi connectivity index (χ0) is 13.4. The number of amides is 1. The summed E-state index contributed by atoms with van der Waals surface area (Å²) < 4.78 is 28.0. The van der Waals surface area contributed by atoms with Crippen molar-refractivity contribution < 1.29 is 18.3 Å². The number of carbonyl (C=O) groups is 1. The molecule has 0 fully saturated rings. The summed E-state index contributed by atoms with van der Waals surface area (Å²) in [6, 6.07) is 5.69. The van der Waals surface area contributed by atoms with Crippen molar-refractivity contribution in [2.75, 3.05) is 5.32 Å². The lowest BCUT2D eigenvalue weighted by Gasteiger charge is -2.05. The van der Waals surface area contributed by atoms with E-state index in [2.05, 4.69) is 10.1 Å². The molecule has 0 unspecified atom stereocenters. The first-order valence-electron chi connectivity index (χ1n) is 5.27. The number of carbonyl (C=O) groups excluding carboxylic acids is 1. The smallest absolute Gasteiger partial charge is 0.387 e. The molecule has 1 aromatic carbocycles. The first-order valence-corrected chi connectivity index (χ1v) is 5.27. The van der Waals surface area contributed by atoms with Crippen LogP contribution in [0, 0.1) is 0 Å². The first kappa shape index (κ1) is 13.9. The molecule has 1 rings (SSSR count). The van der Waals surface area contributed by atoms with Gasteiger partial charge in [0.05, 0.1) is 0 Å². The Labute approximate surface area is 104 Å². The van der Waals surface area contributed by atoms with E-state index in [-0.39, 0.29) is 11.7 Å². The van der Waals surface area contributed by atoms with Gasteiger partial charge in [-0.3, -0.25) is 4.79 Å². The summed E-state index contributed by atoms with van der Waals surface area (Å²) in [5.41, 5.74) is 0.506. The van der Waals surface area contributed by atoms with Crippen LogP contribution in [0.4, 0.5) is 14.5 Å². The van der Waals surface area contributed by atoms with Crippen molar-refractivity contribution in [3.8, 4) is 5.75 Å². The third-order valence-corrected chi connectivity index (χ3v) is 1.90. The highest BCUT2D eigenvalue weighted by atomic mass is 19.3. The summed E-state index contributed by atoms with van der Waals surface area (Å²) in [7, 11) is 0. The molecule has 0 aromatic heterocycles. The van der Waals surface area contributed by atoms with Crippen LogP contribution in [0.25, 0.3) is 0 Å². The highest BCUT2D eigenvalue weighted by Crippen LogP contribution is 2.17. The predicted molar refractivity (Wildman–Crippen MR) is 65.7 cm³/mol. The monoisotopic (exact) mass is 253 g/mol. The van der Waals surface area contributed by atoms with Gasteiger partial charge in [-0.15, -0.1) is 0 Å². The van der Waals surface area contributed by atoms with Gasteiger partial charge in [0.1, 0.15) is 5.75 Å². The molecular weight excluding hydrogens is 240 g/mol. The Morgan fingerprint density at radius 1 is 1.28 bits per heavy atom. The second-order valence-corrected chi connectivity index (χ2v) is 3.28. The van der Waals surface area contributed by atoms with Gasteiger partial charge in [0.2, 0.25) is 5.91 Å². The Morgan fingerprint density at radius 3 is 2.50 bits per heavy atom. The molecule has 0 saturated carbocycles. The minimum atomic E-state index is -2.85. The van der Waals surface area contributed by atoms with E-state index < -0.39 is 6.61 Å². The largest absolute Gasteiger partial charge is 0.435 e. The van der Waals surface area contributed by atoms with Crippen molar-refractivity contribution in [1.82, 2.24) is 0 Å². The fourth-order valence-electron chi connectivity index (χ4n) is 1.16. The molecule has 1 amide bonds. The van der Waals surface area contributed by atoms with E-state index in [1.165, 1.54) is 30.3 Å². The summed E-state index contributed by atoms with van der Waals surface area (Å²) in [4.78, 5) is 11.4. The van der Waals surface area contributed by atoms with Crippen LogP contribution >= 0.6 is 0 Å². The summed E-state index contributed by atoms with van der Waals surface area (Å²) in [6.07, 6.45) is 6.48. The topological polar surface area (TPSA) is 38.3 Å². The van der Waals surface area contributed by atoms with E-state index in [4.69, 9.17) is 0 Å². The van der Waals surface area contributed by atoms with Gasteiger partial charge < -0.3 is 10.1 Å². The Hall–Kier alpha value is -2.17. The number of alkyl halides is 2. The second kappa shape index (κ2) is 7.21. The van der Waals surface area contributed by atoms with Crippen LogP contribution in [0.15, 0.2) is 48.6 Å². The summed E-state index contributed by atoms with van der Waals surface area (Å²) in [6.45, 7) is -1.02. The number of hydrogen-bond donors (Lipinski definition) is 1. The number of halogens is 2. The van der Waals surface area contributed by atoms with E-state index in [1.54, 1.807) is 18.2 Å². The number of allylic oxidation sites excluding steroid dienone is 3. The van der Waals surface area contributed by atoms with Crippen LogP contribution in [0.3, 0.4) is 0 Å². The molecule has 0 bridgehead atoms. The van der Waals surface area contributed by atoms with Crippen molar-refractivity contribution in [3.63, 3.8) is 0 Å². The third kappa shape index (κ3) is 5.25. The lowest BCUT2D eigenvalue weighted by atomic mass is 10.3. The minimum absolute atomic E-state index is 0.0486. The van der Waals surface area contributed by atoms with Gasteiger partial charge in [-0.2, -0.15) is 8.78 Å². The van der Waals surface area contributed by atoms with Gasteiger partial charge in [0.15, 0.2) is 0 Å². The van der Waals surface area contributed by atoms with Crippen molar-refractivity contribution in [2.45, 2.75) is 13.5 Å². The Bertz CT molecular complexity index is 439. The zero-order valence-corrected chi connectivity index (χ0v) is 9.77. The van der Waals surface area contributed by atoms with E-state index in [9.17, 15) is 13.6 Å². The van der Waals surface area contributed by atoms with Gasteiger partial charge in [-0.05, 0) is 31.2 Å². The van der Waals surface area contributed by atoms with Gasteiger partial charge in [0.25, 0.3) is 0 Å².